The fourth-order valence-corrected chi connectivity index (χ4v) is 1.64. The van der Waals surface area contributed by atoms with Crippen LogP contribution in [0.15, 0.2) is 4.42 Å². The van der Waals surface area contributed by atoms with E-state index in [4.69, 9.17) is 4.42 Å². The summed E-state index contributed by atoms with van der Waals surface area (Å²) in [6.07, 6.45) is 2.34. The van der Waals surface area contributed by atoms with Gasteiger partial charge in [0, 0.05) is 5.54 Å². The highest BCUT2D eigenvalue weighted by Gasteiger charge is 2.16. The van der Waals surface area contributed by atoms with Crippen molar-refractivity contribution in [3.05, 3.63) is 17.3 Å². The van der Waals surface area contributed by atoms with Crippen LogP contribution in [0.2, 0.25) is 0 Å². The van der Waals surface area contributed by atoms with E-state index < -0.39 is 0 Å². The Morgan fingerprint density at radius 2 is 2.00 bits per heavy atom. The van der Waals surface area contributed by atoms with Gasteiger partial charge in [-0.2, -0.15) is 0 Å². The molecule has 15 heavy (non-hydrogen) atoms. The zero-order chi connectivity index (χ0) is 11.5. The second kappa shape index (κ2) is 4.79. The van der Waals surface area contributed by atoms with Crippen LogP contribution in [0.3, 0.4) is 0 Å². The highest BCUT2D eigenvalue weighted by molar-refractivity contribution is 5.05. The van der Waals surface area contributed by atoms with E-state index in [1.165, 1.54) is 6.42 Å². The van der Waals surface area contributed by atoms with Crippen molar-refractivity contribution in [2.24, 2.45) is 0 Å². The number of hydrogen-bond donors (Lipinski definition) is 1. The first-order chi connectivity index (χ1) is 6.94. The second-order valence-electron chi connectivity index (χ2n) is 4.74. The topological polar surface area (TPSA) is 38.1 Å². The van der Waals surface area contributed by atoms with E-state index in [-0.39, 0.29) is 5.54 Å². The first-order valence-corrected chi connectivity index (χ1v) is 5.62. The summed E-state index contributed by atoms with van der Waals surface area (Å²) in [6, 6.07) is 0. The van der Waals surface area contributed by atoms with Crippen LogP contribution in [-0.4, -0.2) is 10.5 Å². The third kappa shape index (κ3) is 3.67. The van der Waals surface area contributed by atoms with Gasteiger partial charge in [-0.3, -0.25) is 0 Å². The van der Waals surface area contributed by atoms with Crippen molar-refractivity contribution in [3.8, 4) is 0 Å². The summed E-state index contributed by atoms with van der Waals surface area (Å²) in [4.78, 5) is 4.34. The monoisotopic (exact) mass is 210 g/mol. The van der Waals surface area contributed by atoms with Crippen LogP contribution in [0.25, 0.3) is 0 Å². The summed E-state index contributed by atoms with van der Waals surface area (Å²) in [6.45, 7) is 11.2. The number of rotatable bonds is 5. The lowest BCUT2D eigenvalue weighted by molar-refractivity contribution is 0.331. The molecule has 0 aliphatic carbocycles. The van der Waals surface area contributed by atoms with E-state index in [0.29, 0.717) is 6.54 Å². The van der Waals surface area contributed by atoms with Gasteiger partial charge in [-0.05, 0) is 34.1 Å². The molecule has 0 aliphatic rings. The van der Waals surface area contributed by atoms with E-state index in [1.807, 2.05) is 13.8 Å². The van der Waals surface area contributed by atoms with Crippen molar-refractivity contribution < 1.29 is 4.42 Å². The highest BCUT2D eigenvalue weighted by Crippen LogP contribution is 2.13. The van der Waals surface area contributed by atoms with Crippen LogP contribution in [0.5, 0.6) is 0 Å². The average Bonchev–Trinajstić information content (AvgIpc) is 2.44. The minimum atomic E-state index is 0.158. The first-order valence-electron chi connectivity index (χ1n) is 5.62. The summed E-state index contributed by atoms with van der Waals surface area (Å²) >= 11 is 0. The fourth-order valence-electron chi connectivity index (χ4n) is 1.64. The predicted molar refractivity (Wildman–Crippen MR) is 61.8 cm³/mol. The Labute approximate surface area is 92.3 Å². The molecule has 0 aliphatic heterocycles. The van der Waals surface area contributed by atoms with Crippen LogP contribution >= 0.6 is 0 Å². The summed E-state index contributed by atoms with van der Waals surface area (Å²) in [7, 11) is 0. The summed E-state index contributed by atoms with van der Waals surface area (Å²) in [5.41, 5.74) is 1.14. The molecule has 0 fully saturated rings. The molecule has 1 N–H and O–H groups in total. The normalized spacial score (nSPS) is 12.1. The summed E-state index contributed by atoms with van der Waals surface area (Å²) in [5, 5.41) is 3.46. The molecule has 3 nitrogen and oxygen atoms in total. The number of nitrogens with one attached hydrogen (secondary N) is 1. The zero-order valence-electron chi connectivity index (χ0n) is 10.5. The lowest BCUT2D eigenvalue weighted by Gasteiger charge is -2.24. The standard InChI is InChI=1S/C12H22N2O/c1-6-7-12(4,5)13-8-11-14-9(2)10(3)15-11/h13H,6-8H2,1-5H3. The lowest BCUT2D eigenvalue weighted by atomic mass is 9.99. The van der Waals surface area contributed by atoms with E-state index in [9.17, 15) is 0 Å². The summed E-state index contributed by atoms with van der Waals surface area (Å²) < 4.78 is 5.51. The SMILES string of the molecule is CCCC(C)(C)NCc1nc(C)c(C)o1. The third-order valence-electron chi connectivity index (χ3n) is 2.67. The van der Waals surface area contributed by atoms with Gasteiger partial charge in [0.1, 0.15) is 5.76 Å². The molecule has 0 atom stereocenters. The van der Waals surface area contributed by atoms with Gasteiger partial charge < -0.3 is 9.73 Å². The van der Waals surface area contributed by atoms with E-state index in [0.717, 1.165) is 23.8 Å². The molecular weight excluding hydrogens is 188 g/mol. The third-order valence-corrected chi connectivity index (χ3v) is 2.67. The van der Waals surface area contributed by atoms with Crippen molar-refractivity contribution in [2.45, 2.75) is 59.5 Å². The fraction of sp³-hybridized carbons (Fsp3) is 0.750. The van der Waals surface area contributed by atoms with Crippen LogP contribution in [-0.2, 0) is 6.54 Å². The molecule has 1 aromatic heterocycles. The van der Waals surface area contributed by atoms with Crippen molar-refractivity contribution in [1.29, 1.82) is 0 Å². The molecule has 0 radical (unpaired) electrons. The Bertz CT molecular complexity index is 296. The zero-order valence-corrected chi connectivity index (χ0v) is 10.5. The molecular formula is C12H22N2O. The highest BCUT2D eigenvalue weighted by atomic mass is 16.4. The Kier molecular flexibility index (Phi) is 3.91. The van der Waals surface area contributed by atoms with Gasteiger partial charge in [-0.25, -0.2) is 4.98 Å². The Morgan fingerprint density at radius 1 is 1.33 bits per heavy atom. The molecule has 0 bridgehead atoms. The van der Waals surface area contributed by atoms with E-state index >= 15 is 0 Å². The molecule has 0 amide bonds. The number of aromatic nitrogens is 1. The van der Waals surface area contributed by atoms with Crippen molar-refractivity contribution >= 4 is 0 Å². The number of aryl methyl sites for hydroxylation is 2. The maximum absolute atomic E-state index is 5.51. The number of hydrogen-bond acceptors (Lipinski definition) is 3. The van der Waals surface area contributed by atoms with Gasteiger partial charge in [0.05, 0.1) is 12.2 Å². The maximum Gasteiger partial charge on any atom is 0.208 e. The molecule has 0 aromatic carbocycles. The Balaban J connectivity index is 2.49. The maximum atomic E-state index is 5.51. The molecule has 86 valence electrons. The molecule has 1 rings (SSSR count). The van der Waals surface area contributed by atoms with Gasteiger partial charge in [-0.1, -0.05) is 13.3 Å². The van der Waals surface area contributed by atoms with E-state index in [2.05, 4.69) is 31.1 Å². The van der Waals surface area contributed by atoms with Crippen molar-refractivity contribution in [1.82, 2.24) is 10.3 Å². The van der Waals surface area contributed by atoms with Gasteiger partial charge in [0.2, 0.25) is 5.89 Å². The molecule has 0 unspecified atom stereocenters. The lowest BCUT2D eigenvalue weighted by Crippen LogP contribution is -2.38. The molecule has 1 aromatic rings. The molecule has 0 saturated carbocycles. The predicted octanol–water partition coefficient (Wildman–Crippen LogP) is 2.96. The minimum Gasteiger partial charge on any atom is -0.444 e. The second-order valence-corrected chi connectivity index (χ2v) is 4.74. The molecule has 0 saturated heterocycles. The minimum absolute atomic E-state index is 0.158. The molecule has 1 heterocycles. The largest absolute Gasteiger partial charge is 0.444 e. The molecule has 0 spiro atoms. The Hall–Kier alpha value is -0.830. The van der Waals surface area contributed by atoms with Gasteiger partial charge in [0.25, 0.3) is 0 Å². The number of oxazole rings is 1. The number of nitrogens with zero attached hydrogens (tertiary/aromatic N) is 1. The van der Waals surface area contributed by atoms with Crippen LogP contribution in [0.1, 0.15) is 51.0 Å². The summed E-state index contributed by atoms with van der Waals surface area (Å²) in [5.74, 6) is 1.70. The van der Waals surface area contributed by atoms with Gasteiger partial charge in [-0.15, -0.1) is 0 Å². The molecule has 3 heteroatoms. The van der Waals surface area contributed by atoms with E-state index in [1.54, 1.807) is 0 Å². The van der Waals surface area contributed by atoms with Gasteiger partial charge >= 0.3 is 0 Å². The Morgan fingerprint density at radius 3 is 2.47 bits per heavy atom. The smallest absolute Gasteiger partial charge is 0.208 e. The quantitative estimate of drug-likeness (QED) is 0.812. The van der Waals surface area contributed by atoms with Gasteiger partial charge in [0.15, 0.2) is 0 Å². The van der Waals surface area contributed by atoms with Crippen LogP contribution in [0.4, 0.5) is 0 Å². The van der Waals surface area contributed by atoms with Crippen LogP contribution in [0, 0.1) is 13.8 Å². The average molecular weight is 210 g/mol. The van der Waals surface area contributed by atoms with Crippen molar-refractivity contribution in [2.75, 3.05) is 0 Å². The first kappa shape index (κ1) is 12.2. The van der Waals surface area contributed by atoms with Crippen molar-refractivity contribution in [3.63, 3.8) is 0 Å². The van der Waals surface area contributed by atoms with Crippen LogP contribution < -0.4 is 5.32 Å².